The number of nitrogens with zero attached hydrogens (tertiary/aromatic N) is 1. The van der Waals surface area contributed by atoms with Crippen molar-refractivity contribution in [2.75, 3.05) is 6.61 Å². The van der Waals surface area contributed by atoms with E-state index in [9.17, 15) is 18.0 Å². The summed E-state index contributed by atoms with van der Waals surface area (Å²) in [5, 5.41) is 0. The van der Waals surface area contributed by atoms with Gasteiger partial charge in [-0.05, 0) is 56.2 Å². The van der Waals surface area contributed by atoms with Crippen LogP contribution in [0.15, 0.2) is 24.3 Å². The maximum atomic E-state index is 12.7. The minimum atomic E-state index is -4.32. The average Bonchev–Trinajstić information content (AvgIpc) is 2.55. The zero-order chi connectivity index (χ0) is 17.3. The Hall–Kier alpha value is -1.56. The van der Waals surface area contributed by atoms with E-state index in [1.54, 1.807) is 6.92 Å². The molecule has 3 nitrogen and oxygen atoms in total. The maximum Gasteiger partial charge on any atom is 0.416 e. The van der Waals surface area contributed by atoms with E-state index in [2.05, 4.69) is 4.90 Å². The standard InChI is InChI=1S/C18H22F3NO2/c1-2-24-17(23)16-13-5-9-15(10-6-13)22(16)11-12-3-7-14(8-4-12)18(19,20)21/h3-4,7-8,13,15-16H,2,5-6,9-11H2,1H3. The van der Waals surface area contributed by atoms with Crippen molar-refractivity contribution < 1.29 is 22.7 Å². The lowest BCUT2D eigenvalue weighted by molar-refractivity contribution is -0.159. The van der Waals surface area contributed by atoms with Crippen molar-refractivity contribution in [1.82, 2.24) is 4.90 Å². The van der Waals surface area contributed by atoms with Crippen LogP contribution < -0.4 is 0 Å². The second kappa shape index (κ2) is 6.75. The highest BCUT2D eigenvalue weighted by atomic mass is 19.4. The van der Waals surface area contributed by atoms with Gasteiger partial charge >= 0.3 is 12.1 Å². The van der Waals surface area contributed by atoms with Crippen molar-refractivity contribution in [2.45, 2.75) is 57.4 Å². The molecule has 6 heteroatoms. The van der Waals surface area contributed by atoms with Crippen molar-refractivity contribution >= 4 is 5.97 Å². The fourth-order valence-electron chi connectivity index (χ4n) is 4.04. The first-order chi connectivity index (χ1) is 11.4. The van der Waals surface area contributed by atoms with Crippen LogP contribution in [0, 0.1) is 5.92 Å². The highest BCUT2D eigenvalue weighted by Gasteiger charge is 2.46. The number of fused-ring (bicyclic) bond motifs is 3. The average molecular weight is 341 g/mol. The van der Waals surface area contributed by atoms with E-state index in [1.807, 2.05) is 0 Å². The van der Waals surface area contributed by atoms with Gasteiger partial charge < -0.3 is 4.74 Å². The van der Waals surface area contributed by atoms with Crippen molar-refractivity contribution in [3.8, 4) is 0 Å². The second-order valence-corrected chi connectivity index (χ2v) is 6.63. The number of alkyl halides is 3. The summed E-state index contributed by atoms with van der Waals surface area (Å²) in [6, 6.07) is 5.28. The number of piperidine rings is 2. The zero-order valence-electron chi connectivity index (χ0n) is 13.7. The van der Waals surface area contributed by atoms with E-state index in [0.29, 0.717) is 25.1 Å². The Morgan fingerprint density at radius 3 is 2.33 bits per heavy atom. The second-order valence-electron chi connectivity index (χ2n) is 6.63. The molecule has 2 saturated heterocycles. The molecule has 0 amide bonds. The summed E-state index contributed by atoms with van der Waals surface area (Å²) in [7, 11) is 0. The fourth-order valence-corrected chi connectivity index (χ4v) is 4.04. The van der Waals surface area contributed by atoms with E-state index in [-0.39, 0.29) is 12.0 Å². The van der Waals surface area contributed by atoms with Crippen LogP contribution in [0.25, 0.3) is 0 Å². The van der Waals surface area contributed by atoms with E-state index >= 15 is 0 Å². The third-order valence-electron chi connectivity index (χ3n) is 5.19. The Balaban J connectivity index is 1.77. The van der Waals surface area contributed by atoms with E-state index in [0.717, 1.165) is 43.4 Å². The molecular weight excluding hydrogens is 319 g/mol. The van der Waals surface area contributed by atoms with E-state index in [1.165, 1.54) is 12.1 Å². The summed E-state index contributed by atoms with van der Waals surface area (Å²) in [6.07, 6.45) is -0.187. The summed E-state index contributed by atoms with van der Waals surface area (Å²) in [6.45, 7) is 2.63. The number of hydrogen-bond donors (Lipinski definition) is 0. The minimum absolute atomic E-state index is 0.196. The van der Waals surface area contributed by atoms with Crippen LogP contribution in [0.4, 0.5) is 13.2 Å². The molecule has 1 atom stereocenters. The Kier molecular flexibility index (Phi) is 4.85. The largest absolute Gasteiger partial charge is 0.465 e. The highest BCUT2D eigenvalue weighted by Crippen LogP contribution is 2.41. The van der Waals surface area contributed by atoms with Crippen LogP contribution in [0.5, 0.6) is 0 Å². The Morgan fingerprint density at radius 1 is 1.17 bits per heavy atom. The van der Waals surface area contributed by atoms with E-state index in [4.69, 9.17) is 4.74 Å². The van der Waals surface area contributed by atoms with Crippen molar-refractivity contribution in [3.63, 3.8) is 0 Å². The topological polar surface area (TPSA) is 29.5 Å². The third-order valence-corrected chi connectivity index (χ3v) is 5.19. The number of esters is 1. The SMILES string of the molecule is CCOC(=O)C1C2CCC(CC2)N1Cc1ccc(C(F)(F)F)cc1. The van der Waals surface area contributed by atoms with Gasteiger partial charge in [-0.3, -0.25) is 9.69 Å². The lowest BCUT2D eigenvalue weighted by atomic mass is 9.74. The summed E-state index contributed by atoms with van der Waals surface area (Å²) >= 11 is 0. The molecule has 2 bridgehead atoms. The van der Waals surface area contributed by atoms with Gasteiger partial charge in [0.2, 0.25) is 0 Å². The third kappa shape index (κ3) is 3.43. The van der Waals surface area contributed by atoms with E-state index < -0.39 is 11.7 Å². The number of carbonyl (C=O) groups is 1. The number of hydrogen-bond acceptors (Lipinski definition) is 3. The molecule has 2 heterocycles. The van der Waals surface area contributed by atoms with Crippen LogP contribution >= 0.6 is 0 Å². The van der Waals surface area contributed by atoms with Gasteiger partial charge in [-0.2, -0.15) is 13.2 Å². The van der Waals surface area contributed by atoms with Crippen molar-refractivity contribution in [2.24, 2.45) is 5.92 Å². The number of carbonyl (C=O) groups excluding carboxylic acids is 1. The molecule has 4 rings (SSSR count). The number of benzene rings is 1. The molecule has 1 aromatic rings. The van der Waals surface area contributed by atoms with Crippen LogP contribution in [0.3, 0.4) is 0 Å². The van der Waals surface area contributed by atoms with Gasteiger partial charge in [-0.15, -0.1) is 0 Å². The highest BCUT2D eigenvalue weighted by molar-refractivity contribution is 5.76. The molecule has 0 spiro atoms. The van der Waals surface area contributed by atoms with Crippen LogP contribution in [0.2, 0.25) is 0 Å². The first kappa shape index (κ1) is 17.3. The van der Waals surface area contributed by atoms with Crippen LogP contribution in [0.1, 0.15) is 43.7 Å². The molecule has 1 unspecified atom stereocenters. The monoisotopic (exact) mass is 341 g/mol. The molecular formula is C18H22F3NO2. The zero-order valence-corrected chi connectivity index (χ0v) is 13.7. The molecule has 0 N–H and O–H groups in total. The Bertz CT molecular complexity index is 577. The summed E-state index contributed by atoms with van der Waals surface area (Å²) in [4.78, 5) is 14.5. The van der Waals surface area contributed by atoms with Gasteiger partial charge in [0, 0.05) is 12.6 Å². The van der Waals surface area contributed by atoms with Crippen LogP contribution in [-0.4, -0.2) is 29.6 Å². The molecule has 3 fully saturated rings. The number of rotatable bonds is 4. The summed E-state index contributed by atoms with van der Waals surface area (Å²) in [5.41, 5.74) is 0.151. The predicted octanol–water partition coefficient (Wildman–Crippen LogP) is 4.01. The Morgan fingerprint density at radius 2 is 1.79 bits per heavy atom. The smallest absolute Gasteiger partial charge is 0.416 e. The van der Waals surface area contributed by atoms with Gasteiger partial charge in [0.1, 0.15) is 6.04 Å². The maximum absolute atomic E-state index is 12.7. The molecule has 2 aliphatic heterocycles. The van der Waals surface area contributed by atoms with Crippen LogP contribution in [-0.2, 0) is 22.3 Å². The van der Waals surface area contributed by atoms with Crippen molar-refractivity contribution in [3.05, 3.63) is 35.4 Å². The molecule has 132 valence electrons. The molecule has 1 aliphatic carbocycles. The molecule has 0 aromatic heterocycles. The van der Waals surface area contributed by atoms with Gasteiger partial charge in [0.05, 0.1) is 12.2 Å². The predicted molar refractivity (Wildman–Crippen MR) is 83.2 cm³/mol. The molecule has 1 aromatic carbocycles. The fraction of sp³-hybridized carbons (Fsp3) is 0.611. The van der Waals surface area contributed by atoms with Gasteiger partial charge in [0.25, 0.3) is 0 Å². The lowest BCUT2D eigenvalue weighted by Gasteiger charge is -2.50. The Labute approximate surface area is 139 Å². The summed E-state index contributed by atoms with van der Waals surface area (Å²) < 4.78 is 43.3. The van der Waals surface area contributed by atoms with Gasteiger partial charge in [-0.25, -0.2) is 0 Å². The van der Waals surface area contributed by atoms with Crippen molar-refractivity contribution in [1.29, 1.82) is 0 Å². The molecule has 1 saturated carbocycles. The first-order valence-corrected chi connectivity index (χ1v) is 8.48. The lowest BCUT2D eigenvalue weighted by Crippen LogP contribution is -2.58. The molecule has 0 radical (unpaired) electrons. The van der Waals surface area contributed by atoms with Gasteiger partial charge in [0.15, 0.2) is 0 Å². The minimum Gasteiger partial charge on any atom is -0.465 e. The quantitative estimate of drug-likeness (QED) is 0.775. The molecule has 24 heavy (non-hydrogen) atoms. The van der Waals surface area contributed by atoms with Gasteiger partial charge in [-0.1, -0.05) is 12.1 Å². The number of halogens is 3. The number of ether oxygens (including phenoxy) is 1. The normalized spacial score (nSPS) is 27.2. The molecule has 3 aliphatic rings. The summed E-state index contributed by atoms with van der Waals surface area (Å²) in [5.74, 6) is 0.0994. The first-order valence-electron chi connectivity index (χ1n) is 8.48.